The lowest BCUT2D eigenvalue weighted by Gasteiger charge is -2.13. The summed E-state index contributed by atoms with van der Waals surface area (Å²) in [5.74, 6) is -1.52. The van der Waals surface area contributed by atoms with Crippen LogP contribution < -0.4 is 0 Å². The van der Waals surface area contributed by atoms with E-state index in [-0.39, 0.29) is 19.1 Å². The van der Waals surface area contributed by atoms with Gasteiger partial charge in [0.2, 0.25) is 0 Å². The topological polar surface area (TPSA) is 118 Å². The van der Waals surface area contributed by atoms with Crippen LogP contribution in [0.5, 0.6) is 0 Å². The number of rotatable bonds is 2. The molecule has 0 aromatic carbocycles. The first-order chi connectivity index (χ1) is 10.5. The maximum atomic E-state index is 10.9. The molecule has 1 aliphatic heterocycles. The summed E-state index contributed by atoms with van der Waals surface area (Å²) in [5.41, 5.74) is 0.546. The Morgan fingerprint density at radius 2 is 1.54 bits per heavy atom. The molecule has 0 radical (unpaired) electrons. The molecular weight excluding hydrogens is 318 g/mol. The molecule has 8 heteroatoms. The average Bonchev–Trinajstić information content (AvgIpc) is 2.71. The average molecular weight is 345 g/mol. The van der Waals surface area contributed by atoms with Gasteiger partial charge in [0.15, 0.2) is 5.78 Å². The molecule has 1 N–H and O–H groups in total. The molecule has 0 saturated carbocycles. The van der Waals surface area contributed by atoms with Crippen LogP contribution in [-0.4, -0.2) is 40.1 Å². The number of ketones is 1. The maximum absolute atomic E-state index is 10.9. The summed E-state index contributed by atoms with van der Waals surface area (Å²) in [6, 6.07) is 0. The maximum Gasteiger partial charge on any atom is 0.330 e. The number of carboxylic acids is 1. The second-order valence-corrected chi connectivity index (χ2v) is 3.91. The van der Waals surface area contributed by atoms with Gasteiger partial charge in [-0.05, 0) is 26.3 Å². The molecule has 0 aromatic heterocycles. The van der Waals surface area contributed by atoms with E-state index in [0.717, 1.165) is 18.3 Å². The summed E-state index contributed by atoms with van der Waals surface area (Å²) in [4.78, 5) is 53.4. The van der Waals surface area contributed by atoms with Crippen molar-refractivity contribution in [3.63, 3.8) is 0 Å². The van der Waals surface area contributed by atoms with Crippen LogP contribution in [0.1, 0.15) is 48.0 Å². The van der Waals surface area contributed by atoms with Crippen molar-refractivity contribution in [3.8, 4) is 0 Å². The molecule has 24 heavy (non-hydrogen) atoms. The van der Waals surface area contributed by atoms with Gasteiger partial charge in [0, 0.05) is 20.3 Å². The van der Waals surface area contributed by atoms with Gasteiger partial charge >= 0.3 is 5.97 Å². The monoisotopic (exact) mass is 345 g/mol. The fourth-order valence-corrected chi connectivity index (χ4v) is 0.875. The number of carbonyl (C=O) groups is 5. The Kier molecular flexibility index (Phi) is 22.3. The summed E-state index contributed by atoms with van der Waals surface area (Å²) in [5, 5.41) is 8.38. The molecule has 0 aromatic rings. The van der Waals surface area contributed by atoms with E-state index in [0.29, 0.717) is 18.5 Å². The highest BCUT2D eigenvalue weighted by molar-refractivity contribution is 5.86. The fraction of sp³-hybridized carbons (Fsp3) is 0.438. The highest BCUT2D eigenvalue weighted by Crippen LogP contribution is 2.20. The lowest BCUT2D eigenvalue weighted by Crippen LogP contribution is -2.25. The molecule has 0 unspecified atom stereocenters. The predicted molar refractivity (Wildman–Crippen MR) is 89.6 cm³/mol. The Morgan fingerprint density at radius 1 is 1.21 bits per heavy atom. The largest absolute Gasteiger partial charge is 0.481 e. The number of hydroxylamine groups is 2. The van der Waals surface area contributed by atoms with Crippen molar-refractivity contribution >= 4 is 29.9 Å². The molecule has 1 aliphatic rings. The van der Waals surface area contributed by atoms with Gasteiger partial charge in [0.25, 0.3) is 11.9 Å². The van der Waals surface area contributed by atoms with Gasteiger partial charge in [0.1, 0.15) is 6.29 Å². The van der Waals surface area contributed by atoms with Gasteiger partial charge in [-0.25, -0.2) is 4.79 Å². The zero-order valence-corrected chi connectivity index (χ0v) is 13.8. The van der Waals surface area contributed by atoms with E-state index < -0.39 is 11.9 Å². The standard InChI is InChI=1S/C7H9NO3.C4H6O.C2H4O2.C2H4O.CH4/c1-5-3-4-7(10)8(5)11-6(2)9;1-3-4(2)5;1-2(3)4;1-2-3;/h1,3-4H2,2H3;3H,1H2,2H3;1H3,(H,3,4);2H,1H3;1H4. The normalized spacial score (nSPS) is 10.9. The zero-order chi connectivity index (χ0) is 19.0. The lowest BCUT2D eigenvalue weighted by molar-refractivity contribution is -0.184. The Labute approximate surface area is 142 Å². The van der Waals surface area contributed by atoms with Crippen molar-refractivity contribution in [3.05, 3.63) is 24.9 Å². The van der Waals surface area contributed by atoms with Crippen LogP contribution in [0.3, 0.4) is 0 Å². The van der Waals surface area contributed by atoms with Crippen molar-refractivity contribution in [2.75, 3.05) is 0 Å². The molecule has 8 nitrogen and oxygen atoms in total. The van der Waals surface area contributed by atoms with Crippen molar-refractivity contribution < 1.29 is 33.9 Å². The minimum Gasteiger partial charge on any atom is -0.481 e. The number of hydrogen-bond acceptors (Lipinski definition) is 6. The number of amides is 1. The molecule has 138 valence electrons. The molecule has 1 amide bonds. The first-order valence-electron chi connectivity index (χ1n) is 6.44. The van der Waals surface area contributed by atoms with E-state index in [1.165, 1.54) is 26.8 Å². The summed E-state index contributed by atoms with van der Waals surface area (Å²) in [6.45, 7) is 12.0. The quantitative estimate of drug-likeness (QED) is 0.602. The Hall–Kier alpha value is -2.77. The van der Waals surface area contributed by atoms with Crippen LogP contribution in [-0.2, 0) is 28.8 Å². The second kappa shape index (κ2) is 18.3. The summed E-state index contributed by atoms with van der Waals surface area (Å²) < 4.78 is 0. The molecule has 1 heterocycles. The third-order valence-electron chi connectivity index (χ3n) is 1.65. The molecule has 0 aliphatic carbocycles. The van der Waals surface area contributed by atoms with E-state index in [9.17, 15) is 14.4 Å². The summed E-state index contributed by atoms with van der Waals surface area (Å²) >= 11 is 0. The molecule has 0 atom stereocenters. The lowest BCUT2D eigenvalue weighted by atomic mass is 10.3. The van der Waals surface area contributed by atoms with Gasteiger partial charge in [-0.15, -0.1) is 5.06 Å². The van der Waals surface area contributed by atoms with Crippen molar-refractivity contribution in [1.82, 2.24) is 5.06 Å². The van der Waals surface area contributed by atoms with E-state index in [2.05, 4.69) is 18.0 Å². The molecule has 0 spiro atoms. The Bertz CT molecular complexity index is 435. The number of carboxylic acid groups (broad SMARTS) is 1. The Morgan fingerprint density at radius 3 is 1.71 bits per heavy atom. The van der Waals surface area contributed by atoms with Crippen molar-refractivity contribution in [1.29, 1.82) is 0 Å². The van der Waals surface area contributed by atoms with Crippen LogP contribution in [0.15, 0.2) is 24.9 Å². The van der Waals surface area contributed by atoms with Crippen molar-refractivity contribution in [2.24, 2.45) is 0 Å². The SMILES string of the molecule is C.C=C1CCC(=O)N1OC(C)=O.C=CC(C)=O.CC(=O)O.CC=O. The second-order valence-electron chi connectivity index (χ2n) is 3.91. The van der Waals surface area contributed by atoms with Crippen LogP contribution in [0.25, 0.3) is 0 Å². The smallest absolute Gasteiger partial charge is 0.330 e. The minimum absolute atomic E-state index is 0. The van der Waals surface area contributed by atoms with Crippen LogP contribution in [0, 0.1) is 0 Å². The van der Waals surface area contributed by atoms with Gasteiger partial charge < -0.3 is 14.7 Å². The fourth-order valence-electron chi connectivity index (χ4n) is 0.875. The number of nitrogens with zero attached hydrogens (tertiary/aromatic N) is 1. The van der Waals surface area contributed by atoms with Crippen LogP contribution in [0.2, 0.25) is 0 Å². The van der Waals surface area contributed by atoms with E-state index in [1.807, 2.05) is 0 Å². The number of aliphatic carboxylic acids is 1. The van der Waals surface area contributed by atoms with Crippen molar-refractivity contribution in [2.45, 2.75) is 48.0 Å². The number of allylic oxidation sites excluding steroid dienone is 2. The third-order valence-corrected chi connectivity index (χ3v) is 1.65. The van der Waals surface area contributed by atoms with E-state index >= 15 is 0 Å². The van der Waals surface area contributed by atoms with Gasteiger partial charge in [0.05, 0.1) is 5.70 Å². The Balaban J connectivity index is -0.000000130. The molecular formula is C16H27NO7. The molecule has 1 rings (SSSR count). The first kappa shape index (κ1) is 29.3. The number of aldehydes is 1. The van der Waals surface area contributed by atoms with Crippen LogP contribution >= 0.6 is 0 Å². The molecule has 0 bridgehead atoms. The van der Waals surface area contributed by atoms with E-state index in [4.69, 9.17) is 14.7 Å². The highest BCUT2D eigenvalue weighted by Gasteiger charge is 2.26. The minimum atomic E-state index is -0.833. The van der Waals surface area contributed by atoms with Gasteiger partial charge in [-0.1, -0.05) is 20.6 Å². The third kappa shape index (κ3) is 24.3. The summed E-state index contributed by atoms with van der Waals surface area (Å²) in [7, 11) is 0. The van der Waals surface area contributed by atoms with E-state index in [1.54, 1.807) is 0 Å². The molecule has 1 saturated heterocycles. The summed E-state index contributed by atoms with van der Waals surface area (Å²) in [6.07, 6.45) is 2.98. The van der Waals surface area contributed by atoms with Gasteiger partial charge in [-0.2, -0.15) is 0 Å². The van der Waals surface area contributed by atoms with Gasteiger partial charge in [-0.3, -0.25) is 14.4 Å². The highest BCUT2D eigenvalue weighted by atomic mass is 16.7. The number of hydrogen-bond donors (Lipinski definition) is 1. The molecule has 1 fully saturated rings. The number of carbonyl (C=O) groups excluding carboxylic acids is 4. The van der Waals surface area contributed by atoms with Crippen LogP contribution in [0.4, 0.5) is 0 Å². The predicted octanol–water partition coefficient (Wildman–Crippen LogP) is 2.29. The zero-order valence-electron chi connectivity index (χ0n) is 13.8. The first-order valence-corrected chi connectivity index (χ1v) is 6.44.